The smallest absolute Gasteiger partial charge is 0.251 e. The molecule has 0 spiro atoms. The SMILES string of the molecule is Cc1cc(=O)[nH]c([C@@H](C)N2CCN(Cc3ccon3)CC2)n1. The normalized spacial score (nSPS) is 18.5. The van der Waals surface area contributed by atoms with E-state index in [1.165, 1.54) is 6.07 Å². The molecule has 0 aliphatic carbocycles. The summed E-state index contributed by atoms with van der Waals surface area (Å²) in [6.45, 7) is 8.57. The van der Waals surface area contributed by atoms with Gasteiger partial charge in [-0.3, -0.25) is 14.6 Å². The third-order valence-corrected chi connectivity index (χ3v) is 4.12. The van der Waals surface area contributed by atoms with Crippen molar-refractivity contribution in [2.45, 2.75) is 26.4 Å². The highest BCUT2D eigenvalue weighted by Gasteiger charge is 2.23. The molecule has 3 heterocycles. The van der Waals surface area contributed by atoms with Gasteiger partial charge in [0.25, 0.3) is 5.56 Å². The van der Waals surface area contributed by atoms with Crippen LogP contribution in [-0.4, -0.2) is 51.1 Å². The van der Waals surface area contributed by atoms with Crippen LogP contribution in [0, 0.1) is 6.92 Å². The lowest BCUT2D eigenvalue weighted by Crippen LogP contribution is -2.47. The number of hydrogen-bond acceptors (Lipinski definition) is 6. The number of nitrogens with one attached hydrogen (secondary N) is 1. The summed E-state index contributed by atoms with van der Waals surface area (Å²) < 4.78 is 4.87. The lowest BCUT2D eigenvalue weighted by molar-refractivity contribution is 0.0931. The second kappa shape index (κ2) is 6.41. The molecule has 3 rings (SSSR count). The van der Waals surface area contributed by atoms with Crippen LogP contribution in [0.3, 0.4) is 0 Å². The molecule has 1 N–H and O–H groups in total. The van der Waals surface area contributed by atoms with Crippen molar-refractivity contribution in [1.82, 2.24) is 24.9 Å². The molecule has 1 aliphatic heterocycles. The second-order valence-electron chi connectivity index (χ2n) is 5.75. The minimum Gasteiger partial charge on any atom is -0.364 e. The first-order chi connectivity index (χ1) is 10.6. The fourth-order valence-corrected chi connectivity index (χ4v) is 2.83. The lowest BCUT2D eigenvalue weighted by atomic mass is 10.2. The van der Waals surface area contributed by atoms with Gasteiger partial charge >= 0.3 is 0 Å². The first-order valence-electron chi connectivity index (χ1n) is 7.55. The third kappa shape index (κ3) is 3.42. The molecule has 7 heteroatoms. The Morgan fingerprint density at radius 1 is 1.36 bits per heavy atom. The molecule has 0 bridgehead atoms. The molecule has 1 aliphatic rings. The number of aromatic nitrogens is 3. The van der Waals surface area contributed by atoms with Crippen molar-refractivity contribution < 1.29 is 4.52 Å². The number of rotatable bonds is 4. The minimum atomic E-state index is -0.0842. The summed E-state index contributed by atoms with van der Waals surface area (Å²) in [6, 6.07) is 3.53. The first-order valence-corrected chi connectivity index (χ1v) is 7.55. The number of aromatic amines is 1. The van der Waals surface area contributed by atoms with Crippen molar-refractivity contribution in [3.8, 4) is 0 Å². The van der Waals surface area contributed by atoms with Crippen LogP contribution in [0.5, 0.6) is 0 Å². The Morgan fingerprint density at radius 3 is 2.77 bits per heavy atom. The van der Waals surface area contributed by atoms with E-state index in [0.717, 1.165) is 49.9 Å². The maximum absolute atomic E-state index is 11.6. The van der Waals surface area contributed by atoms with Crippen molar-refractivity contribution in [3.05, 3.63) is 46.0 Å². The van der Waals surface area contributed by atoms with E-state index in [0.29, 0.717) is 0 Å². The Bertz CT molecular complexity index is 659. The van der Waals surface area contributed by atoms with Crippen LogP contribution in [0.25, 0.3) is 0 Å². The topological polar surface area (TPSA) is 78.3 Å². The van der Waals surface area contributed by atoms with Crippen molar-refractivity contribution in [2.75, 3.05) is 26.2 Å². The molecule has 1 saturated heterocycles. The largest absolute Gasteiger partial charge is 0.364 e. The van der Waals surface area contributed by atoms with E-state index >= 15 is 0 Å². The van der Waals surface area contributed by atoms with Gasteiger partial charge in [-0.15, -0.1) is 0 Å². The van der Waals surface area contributed by atoms with Gasteiger partial charge in [-0.25, -0.2) is 4.98 Å². The summed E-state index contributed by atoms with van der Waals surface area (Å²) in [4.78, 5) is 23.6. The van der Waals surface area contributed by atoms with E-state index in [9.17, 15) is 4.79 Å². The third-order valence-electron chi connectivity index (χ3n) is 4.12. The highest BCUT2D eigenvalue weighted by Crippen LogP contribution is 2.18. The number of aryl methyl sites for hydroxylation is 1. The Hall–Kier alpha value is -1.99. The van der Waals surface area contributed by atoms with E-state index in [-0.39, 0.29) is 11.6 Å². The van der Waals surface area contributed by atoms with Crippen molar-refractivity contribution >= 4 is 0 Å². The summed E-state index contributed by atoms with van der Waals surface area (Å²) in [7, 11) is 0. The van der Waals surface area contributed by atoms with Crippen LogP contribution in [0.1, 0.15) is 30.2 Å². The molecule has 1 fully saturated rings. The zero-order valence-electron chi connectivity index (χ0n) is 13.0. The molecule has 0 amide bonds. The van der Waals surface area contributed by atoms with Gasteiger partial charge in [-0.2, -0.15) is 0 Å². The Balaban J connectivity index is 1.59. The molecule has 0 aromatic carbocycles. The maximum Gasteiger partial charge on any atom is 0.251 e. The van der Waals surface area contributed by atoms with E-state index in [1.807, 2.05) is 13.0 Å². The standard InChI is InChI=1S/C15H21N5O2/c1-11-9-14(21)17-15(16-11)12(2)20-6-4-19(5-7-20)10-13-3-8-22-18-13/h3,8-9,12H,4-7,10H2,1-2H3,(H,16,17,21)/t12-/m1/s1. The molecular formula is C15H21N5O2. The summed E-state index contributed by atoms with van der Waals surface area (Å²) in [6.07, 6.45) is 1.60. The van der Waals surface area contributed by atoms with Crippen LogP contribution in [-0.2, 0) is 6.54 Å². The van der Waals surface area contributed by atoms with Crippen molar-refractivity contribution in [1.29, 1.82) is 0 Å². The van der Waals surface area contributed by atoms with Gasteiger partial charge in [0, 0.05) is 50.6 Å². The van der Waals surface area contributed by atoms with Gasteiger partial charge < -0.3 is 9.51 Å². The predicted octanol–water partition coefficient (Wildman–Crippen LogP) is 0.945. The van der Waals surface area contributed by atoms with E-state index in [4.69, 9.17) is 4.52 Å². The van der Waals surface area contributed by atoms with Crippen molar-refractivity contribution in [2.24, 2.45) is 0 Å². The number of nitrogens with zero attached hydrogens (tertiary/aromatic N) is 4. The Labute approximate surface area is 128 Å². The number of hydrogen-bond donors (Lipinski definition) is 1. The molecular weight excluding hydrogens is 282 g/mol. The van der Waals surface area contributed by atoms with Gasteiger partial charge in [0.15, 0.2) is 0 Å². The molecule has 118 valence electrons. The zero-order chi connectivity index (χ0) is 15.5. The van der Waals surface area contributed by atoms with Crippen LogP contribution >= 0.6 is 0 Å². The molecule has 0 saturated carbocycles. The zero-order valence-corrected chi connectivity index (χ0v) is 13.0. The van der Waals surface area contributed by atoms with Gasteiger partial charge in [0.05, 0.1) is 11.7 Å². The fraction of sp³-hybridized carbons (Fsp3) is 0.533. The molecule has 2 aromatic rings. The summed E-state index contributed by atoms with van der Waals surface area (Å²) in [5, 5.41) is 3.95. The van der Waals surface area contributed by atoms with Gasteiger partial charge in [0.2, 0.25) is 0 Å². The van der Waals surface area contributed by atoms with Crippen molar-refractivity contribution in [3.63, 3.8) is 0 Å². The predicted molar refractivity (Wildman–Crippen MR) is 81.4 cm³/mol. The molecule has 1 atom stereocenters. The van der Waals surface area contributed by atoms with Crippen LogP contribution in [0.2, 0.25) is 0 Å². The Kier molecular flexibility index (Phi) is 4.35. The van der Waals surface area contributed by atoms with E-state index in [2.05, 4.69) is 31.8 Å². The molecule has 2 aromatic heterocycles. The fourth-order valence-electron chi connectivity index (χ4n) is 2.83. The highest BCUT2D eigenvalue weighted by molar-refractivity contribution is 5.04. The minimum absolute atomic E-state index is 0.0842. The number of H-pyrrole nitrogens is 1. The number of piperazine rings is 1. The highest BCUT2D eigenvalue weighted by atomic mass is 16.5. The Morgan fingerprint density at radius 2 is 2.14 bits per heavy atom. The summed E-state index contributed by atoms with van der Waals surface area (Å²) in [5.74, 6) is 0.745. The maximum atomic E-state index is 11.6. The monoisotopic (exact) mass is 303 g/mol. The molecule has 7 nitrogen and oxygen atoms in total. The van der Waals surface area contributed by atoms with Gasteiger partial charge in [-0.1, -0.05) is 5.16 Å². The first kappa shape index (κ1) is 14.9. The van der Waals surface area contributed by atoms with Gasteiger partial charge in [-0.05, 0) is 13.8 Å². The van der Waals surface area contributed by atoms with Gasteiger partial charge in [0.1, 0.15) is 12.1 Å². The average molecular weight is 303 g/mol. The van der Waals surface area contributed by atoms with E-state index in [1.54, 1.807) is 6.26 Å². The molecule has 0 radical (unpaired) electrons. The molecule has 22 heavy (non-hydrogen) atoms. The van der Waals surface area contributed by atoms with Crippen LogP contribution < -0.4 is 5.56 Å². The lowest BCUT2D eigenvalue weighted by Gasteiger charge is -2.37. The van der Waals surface area contributed by atoms with Crippen LogP contribution in [0.4, 0.5) is 0 Å². The summed E-state index contributed by atoms with van der Waals surface area (Å²) >= 11 is 0. The average Bonchev–Trinajstić information content (AvgIpc) is 2.99. The summed E-state index contributed by atoms with van der Waals surface area (Å²) in [5.41, 5.74) is 1.64. The van der Waals surface area contributed by atoms with E-state index < -0.39 is 0 Å². The quantitative estimate of drug-likeness (QED) is 0.906. The second-order valence-corrected chi connectivity index (χ2v) is 5.75. The molecule has 0 unspecified atom stereocenters. The van der Waals surface area contributed by atoms with Crippen LogP contribution in [0.15, 0.2) is 27.7 Å².